The van der Waals surface area contributed by atoms with E-state index in [1.165, 1.54) is 42.2 Å². The minimum absolute atomic E-state index is 0.0883. The molecule has 8 rings (SSSR count). The molecule has 5 nitrogen and oxygen atoms in total. The van der Waals surface area contributed by atoms with E-state index in [0.717, 1.165) is 107 Å². The maximum absolute atomic E-state index is 15.7. The molecule has 0 unspecified atom stereocenters. The first-order valence-corrected chi connectivity index (χ1v) is 24.8. The zero-order chi connectivity index (χ0) is 44.6. The summed E-state index contributed by atoms with van der Waals surface area (Å²) in [5, 5.41) is 41.0. The van der Waals surface area contributed by atoms with Gasteiger partial charge in [0.25, 0.3) is 0 Å². The van der Waals surface area contributed by atoms with Crippen LogP contribution in [0.15, 0.2) is 36.4 Å². The smallest absolute Gasteiger partial charge is 0.453 e. The Bertz CT molecular complexity index is 1810. The van der Waals surface area contributed by atoms with Gasteiger partial charge in [0, 0.05) is 12.3 Å². The van der Waals surface area contributed by atoms with Crippen LogP contribution in [-0.2, 0) is 6.42 Å². The number of phenolic OH excluding ortho intramolecular Hbond substituents is 2. The molecule has 4 saturated carbocycles. The van der Waals surface area contributed by atoms with Gasteiger partial charge in [-0.3, -0.25) is 0 Å². The first kappa shape index (κ1) is 47.8. The molecule has 12 atom stereocenters. The van der Waals surface area contributed by atoms with E-state index in [0.29, 0.717) is 35.7 Å². The Balaban J connectivity index is 0.000000238. The Morgan fingerprint density at radius 1 is 0.726 bits per heavy atom. The maximum atomic E-state index is 15.7. The van der Waals surface area contributed by atoms with E-state index in [1.54, 1.807) is 6.07 Å². The van der Waals surface area contributed by atoms with Gasteiger partial charge in [0.15, 0.2) is 0 Å². The van der Waals surface area contributed by atoms with Gasteiger partial charge in [-0.2, -0.15) is 33.7 Å². The minimum Gasteiger partial charge on any atom is -0.508 e. The highest BCUT2D eigenvalue weighted by Crippen LogP contribution is 2.64. The third-order valence-corrected chi connectivity index (χ3v) is 18.2. The third kappa shape index (κ3) is 9.84. The highest BCUT2D eigenvalue weighted by atomic mass is 32.2. The van der Waals surface area contributed by atoms with Gasteiger partial charge in [-0.15, -0.1) is 0 Å². The summed E-state index contributed by atoms with van der Waals surface area (Å²) in [6.07, 6.45) is 6.53. The zero-order valence-corrected chi connectivity index (χ0v) is 37.8. The molecule has 348 valence electrons. The summed E-state index contributed by atoms with van der Waals surface area (Å²) in [6.45, 7) is 6.17. The number of halogens is 6. The molecule has 12 heteroatoms. The van der Waals surface area contributed by atoms with Gasteiger partial charge in [0.1, 0.15) is 17.7 Å². The lowest BCUT2D eigenvalue weighted by Gasteiger charge is -2.53. The number of phenols is 2. The second kappa shape index (κ2) is 19.4. The van der Waals surface area contributed by atoms with Gasteiger partial charge < -0.3 is 25.3 Å². The van der Waals surface area contributed by atoms with Crippen LogP contribution in [0.25, 0.3) is 0 Å². The lowest BCUT2D eigenvalue weighted by molar-refractivity contribution is -0.284. The second-order valence-electron chi connectivity index (χ2n) is 20.7. The molecule has 62 heavy (non-hydrogen) atoms. The first-order valence-electron chi connectivity index (χ1n) is 23.7. The Kier molecular flexibility index (Phi) is 14.9. The lowest BCUT2D eigenvalue weighted by atomic mass is 9.53. The molecular weight excluding hydrogens is 825 g/mol. The highest BCUT2D eigenvalue weighted by Gasteiger charge is 2.59. The van der Waals surface area contributed by atoms with Crippen LogP contribution in [0, 0.1) is 34.5 Å². The van der Waals surface area contributed by atoms with Crippen LogP contribution < -0.4 is 0 Å². The fraction of sp³-hybridized carbons (Fsp3) is 0.760. The predicted molar refractivity (Wildman–Crippen MR) is 235 cm³/mol. The molecule has 0 saturated heterocycles. The summed E-state index contributed by atoms with van der Waals surface area (Å²) in [5.74, 6) is -0.219. The van der Waals surface area contributed by atoms with Crippen molar-refractivity contribution in [3.63, 3.8) is 0 Å². The van der Waals surface area contributed by atoms with E-state index < -0.39 is 30.8 Å². The van der Waals surface area contributed by atoms with Crippen LogP contribution in [-0.4, -0.2) is 87.4 Å². The Morgan fingerprint density at radius 2 is 1.37 bits per heavy atom. The van der Waals surface area contributed by atoms with Gasteiger partial charge >= 0.3 is 12.1 Å². The number of hydrogen-bond donors (Lipinski definition) is 4. The van der Waals surface area contributed by atoms with E-state index in [4.69, 9.17) is 0 Å². The van der Waals surface area contributed by atoms with Crippen molar-refractivity contribution in [1.29, 1.82) is 0 Å². The molecule has 0 heterocycles. The average molecular weight is 896 g/mol. The number of thioether (sulfide) groups is 1. The Labute approximate surface area is 369 Å². The van der Waals surface area contributed by atoms with Gasteiger partial charge in [-0.05, 0) is 214 Å². The van der Waals surface area contributed by atoms with Crippen molar-refractivity contribution in [3.05, 3.63) is 58.7 Å². The van der Waals surface area contributed by atoms with Crippen molar-refractivity contribution in [3.8, 4) is 11.5 Å². The number of unbranched alkanes of at least 4 members (excludes halogenated alkanes) is 2. The molecule has 0 bridgehead atoms. The quantitative estimate of drug-likeness (QED) is 0.112. The number of alkyl halides is 6. The van der Waals surface area contributed by atoms with Crippen molar-refractivity contribution in [2.45, 2.75) is 171 Å². The van der Waals surface area contributed by atoms with Crippen molar-refractivity contribution < 1.29 is 46.8 Å². The number of aliphatic hydroxyl groups is 2. The monoisotopic (exact) mass is 896 g/mol. The molecule has 0 amide bonds. The topological polar surface area (TPSA) is 84.2 Å². The van der Waals surface area contributed by atoms with Crippen LogP contribution in [0.5, 0.6) is 11.5 Å². The molecule has 0 spiro atoms. The first-order chi connectivity index (χ1) is 29.3. The highest BCUT2D eigenvalue weighted by molar-refractivity contribution is 7.99. The fourth-order valence-corrected chi connectivity index (χ4v) is 14.5. The molecule has 6 aliphatic rings. The summed E-state index contributed by atoms with van der Waals surface area (Å²) in [7, 11) is 2.04. The predicted octanol–water partition coefficient (Wildman–Crippen LogP) is 12.3. The Morgan fingerprint density at radius 3 is 2.10 bits per heavy atom. The van der Waals surface area contributed by atoms with Crippen molar-refractivity contribution in [2.24, 2.45) is 34.5 Å². The average Bonchev–Trinajstić information content (AvgIpc) is 3.69. The minimum atomic E-state index is -5.47. The van der Waals surface area contributed by atoms with Gasteiger partial charge in [0.2, 0.25) is 0 Å². The third-order valence-electron chi connectivity index (χ3n) is 17.1. The van der Waals surface area contributed by atoms with Gasteiger partial charge in [0.05, 0.1) is 12.2 Å². The lowest BCUT2D eigenvalue weighted by Crippen LogP contribution is -2.49. The van der Waals surface area contributed by atoms with Gasteiger partial charge in [-0.1, -0.05) is 38.8 Å². The van der Waals surface area contributed by atoms with E-state index >= 15 is 4.39 Å². The van der Waals surface area contributed by atoms with E-state index in [-0.39, 0.29) is 46.9 Å². The van der Waals surface area contributed by atoms with Crippen LogP contribution >= 0.6 is 11.8 Å². The number of nitrogens with zero attached hydrogens (tertiary/aromatic N) is 1. The van der Waals surface area contributed by atoms with Crippen molar-refractivity contribution >= 4 is 11.8 Å². The fourth-order valence-electron chi connectivity index (χ4n) is 13.7. The van der Waals surface area contributed by atoms with Crippen molar-refractivity contribution in [2.75, 3.05) is 31.6 Å². The zero-order valence-electron chi connectivity index (χ0n) is 37.0. The molecule has 0 aromatic heterocycles. The summed E-state index contributed by atoms with van der Waals surface area (Å²) < 4.78 is 78.3. The number of aromatic hydroxyl groups is 2. The molecule has 0 radical (unpaired) electrons. The normalized spacial score (nSPS) is 34.9. The number of fused-ring (bicyclic) bond motifs is 10. The second-order valence-corrected chi connectivity index (χ2v) is 21.9. The molecule has 2 aromatic rings. The summed E-state index contributed by atoms with van der Waals surface area (Å²) in [5.41, 5.74) is 4.78. The SMILES string of the molecule is CN(CCCCC[C@H]1C[C@@H]2[C@@H](c3ccc(O)cc31)[C@@H](F)C[C@]1(C)[C@@H](O)CC[C@@H]21)CCCSCCCC(F)(F)C(F)(F)F.C[C@]12CC[C@@H]3c4ccc(O)cc4CC[C@H]3[C@@H]1CC[C@@H]2O. The maximum Gasteiger partial charge on any atom is 0.453 e. The van der Waals surface area contributed by atoms with Gasteiger partial charge in [-0.25, -0.2) is 4.39 Å². The standard InChI is InChI=1S/C32H47F6NO2S.C18H24O2/c1-30-20-27(33)29-23-10-9-22(40)19-24(23)21(18-25(29)26(30)11-12-28(30)41)8-4-3-5-14-39(2)15-7-17-42-16-6-13-31(34,35)32(36,37)38;1-18-9-8-14-13-5-3-12(19)10-11(13)2-4-15(14)16(18)6-7-17(18)20/h9-10,19,21,25-29,40-41H,3-8,11-18,20H2,1-2H3;3,5,10,14-17,19-20H,2,4,6-9H2,1H3/t21-,25-,26-,27-,28-,29+,30-;14-,15-,16+,17+,18+/m01/s1. The molecule has 6 aliphatic carbocycles. The Hall–Kier alpha value is -2.15. The van der Waals surface area contributed by atoms with Crippen LogP contribution in [0.4, 0.5) is 26.3 Å². The number of rotatable bonds is 14. The van der Waals surface area contributed by atoms with E-state index in [9.17, 15) is 42.4 Å². The van der Waals surface area contributed by atoms with Crippen molar-refractivity contribution in [1.82, 2.24) is 4.90 Å². The van der Waals surface area contributed by atoms with Crippen LogP contribution in [0.3, 0.4) is 0 Å². The molecule has 0 aliphatic heterocycles. The van der Waals surface area contributed by atoms with E-state index in [1.807, 2.05) is 31.3 Å². The summed E-state index contributed by atoms with van der Waals surface area (Å²) in [4.78, 5) is 2.23. The largest absolute Gasteiger partial charge is 0.508 e. The summed E-state index contributed by atoms with van der Waals surface area (Å²) in [6, 6.07) is 11.4. The van der Waals surface area contributed by atoms with Crippen LogP contribution in [0.1, 0.15) is 157 Å². The molecule has 2 aromatic carbocycles. The number of hydrogen-bond acceptors (Lipinski definition) is 6. The molecule has 4 fully saturated rings. The number of benzene rings is 2. The number of aliphatic hydroxyl groups excluding tert-OH is 2. The molecule has 4 N–H and O–H groups in total. The van der Waals surface area contributed by atoms with Crippen LogP contribution in [0.2, 0.25) is 0 Å². The summed E-state index contributed by atoms with van der Waals surface area (Å²) >= 11 is 1.42. The molecular formula is C50H71F6NO4S. The van der Waals surface area contributed by atoms with E-state index in [2.05, 4.69) is 24.8 Å². The number of aryl methyl sites for hydroxylation is 1.